The van der Waals surface area contributed by atoms with E-state index in [0.29, 0.717) is 10.9 Å². The molecule has 0 aromatic carbocycles. The van der Waals surface area contributed by atoms with Crippen LogP contribution in [0.2, 0.25) is 0 Å². The van der Waals surface area contributed by atoms with Crippen molar-refractivity contribution in [2.45, 2.75) is 30.7 Å². The Morgan fingerprint density at radius 3 is 2.72 bits per heavy atom. The van der Waals surface area contributed by atoms with E-state index in [2.05, 4.69) is 25.6 Å². The van der Waals surface area contributed by atoms with Crippen LogP contribution in [0.5, 0.6) is 0 Å². The van der Waals surface area contributed by atoms with Gasteiger partial charge in [0, 0.05) is 16.9 Å². The summed E-state index contributed by atoms with van der Waals surface area (Å²) in [6.07, 6.45) is 3.41. The van der Waals surface area contributed by atoms with Gasteiger partial charge in [-0.3, -0.25) is 9.78 Å². The molecule has 0 saturated carbocycles. The van der Waals surface area contributed by atoms with Crippen LogP contribution in [0.4, 0.5) is 0 Å². The minimum absolute atomic E-state index is 0.0702. The lowest BCUT2D eigenvalue weighted by Crippen LogP contribution is -2.40. The van der Waals surface area contributed by atoms with Gasteiger partial charge in [0.1, 0.15) is 10.9 Å². The Labute approximate surface area is 114 Å². The Morgan fingerprint density at radius 1 is 1.56 bits per heavy atom. The summed E-state index contributed by atoms with van der Waals surface area (Å²) < 4.78 is 26.5. The van der Waals surface area contributed by atoms with E-state index >= 15 is 0 Å². The van der Waals surface area contributed by atoms with Crippen molar-refractivity contribution < 1.29 is 18.3 Å². The number of carbonyl (C=O) groups is 1. The van der Waals surface area contributed by atoms with Crippen molar-refractivity contribution in [1.29, 1.82) is 0 Å². The Kier molecular flexibility index (Phi) is 5.24. The van der Waals surface area contributed by atoms with Crippen molar-refractivity contribution in [1.82, 2.24) is 9.71 Å². The van der Waals surface area contributed by atoms with Crippen LogP contribution in [-0.2, 0) is 14.8 Å². The fourth-order valence-electron chi connectivity index (χ4n) is 1.32. The molecule has 1 aromatic heterocycles. The second-order valence-electron chi connectivity index (χ2n) is 3.64. The van der Waals surface area contributed by atoms with E-state index in [4.69, 9.17) is 5.11 Å². The molecule has 1 aromatic rings. The summed E-state index contributed by atoms with van der Waals surface area (Å²) in [5, 5.41) is 8.92. The minimum Gasteiger partial charge on any atom is -0.480 e. The highest BCUT2D eigenvalue weighted by molar-refractivity contribution is 9.10. The van der Waals surface area contributed by atoms with E-state index in [0.717, 1.165) is 6.20 Å². The summed E-state index contributed by atoms with van der Waals surface area (Å²) in [5.41, 5.74) is 0. The number of hydrogen-bond donors (Lipinski definition) is 2. The largest absolute Gasteiger partial charge is 0.480 e. The molecule has 1 rings (SSSR count). The summed E-state index contributed by atoms with van der Waals surface area (Å²) in [5.74, 6) is -1.19. The van der Waals surface area contributed by atoms with Crippen molar-refractivity contribution in [3.63, 3.8) is 0 Å². The van der Waals surface area contributed by atoms with Crippen molar-refractivity contribution >= 4 is 31.9 Å². The van der Waals surface area contributed by atoms with Gasteiger partial charge >= 0.3 is 5.97 Å². The van der Waals surface area contributed by atoms with Crippen LogP contribution < -0.4 is 4.72 Å². The summed E-state index contributed by atoms with van der Waals surface area (Å²) in [4.78, 5) is 14.6. The lowest BCUT2D eigenvalue weighted by Gasteiger charge is -2.13. The molecule has 0 amide bonds. The maximum atomic E-state index is 11.9. The van der Waals surface area contributed by atoms with Crippen LogP contribution in [-0.4, -0.2) is 30.5 Å². The SMILES string of the molecule is CCCC(NS(=O)(=O)c1cncc(Br)c1)C(=O)O. The van der Waals surface area contributed by atoms with Crippen LogP contribution in [0.3, 0.4) is 0 Å². The summed E-state index contributed by atoms with van der Waals surface area (Å²) >= 11 is 3.11. The normalized spacial score (nSPS) is 13.2. The van der Waals surface area contributed by atoms with E-state index in [9.17, 15) is 13.2 Å². The Morgan fingerprint density at radius 2 is 2.22 bits per heavy atom. The standard InChI is InChI=1S/C10H13BrN2O4S/c1-2-3-9(10(14)15)13-18(16,17)8-4-7(11)5-12-6-8/h4-6,9,13H,2-3H2,1H3,(H,14,15). The molecular formula is C10H13BrN2O4S. The van der Waals surface area contributed by atoms with Gasteiger partial charge in [-0.15, -0.1) is 0 Å². The fourth-order valence-corrected chi connectivity index (χ4v) is 3.04. The predicted octanol–water partition coefficient (Wildman–Crippen LogP) is 1.38. The number of rotatable bonds is 6. The van der Waals surface area contributed by atoms with Crippen LogP contribution in [0.15, 0.2) is 27.8 Å². The molecule has 18 heavy (non-hydrogen) atoms. The van der Waals surface area contributed by atoms with Gasteiger partial charge in [0.25, 0.3) is 0 Å². The lowest BCUT2D eigenvalue weighted by molar-refractivity contribution is -0.139. The molecule has 0 fully saturated rings. The molecule has 0 bridgehead atoms. The predicted molar refractivity (Wildman–Crippen MR) is 68.6 cm³/mol. The first-order chi connectivity index (χ1) is 8.36. The number of halogens is 1. The average molecular weight is 337 g/mol. The topological polar surface area (TPSA) is 96.4 Å². The maximum Gasteiger partial charge on any atom is 0.321 e. The first-order valence-corrected chi connectivity index (χ1v) is 7.50. The summed E-state index contributed by atoms with van der Waals surface area (Å²) in [7, 11) is -3.87. The number of hydrogen-bond acceptors (Lipinski definition) is 4. The van der Waals surface area contributed by atoms with E-state index in [1.54, 1.807) is 6.92 Å². The molecule has 1 heterocycles. The van der Waals surface area contributed by atoms with Crippen molar-refractivity contribution in [2.75, 3.05) is 0 Å². The van der Waals surface area contributed by atoms with E-state index in [1.807, 2.05) is 0 Å². The number of aliphatic carboxylic acids is 1. The maximum absolute atomic E-state index is 11.9. The zero-order valence-corrected chi connectivity index (χ0v) is 12.0. The highest BCUT2D eigenvalue weighted by Gasteiger charge is 2.24. The third-order valence-corrected chi connectivity index (χ3v) is 4.04. The molecule has 6 nitrogen and oxygen atoms in total. The van der Waals surface area contributed by atoms with Crippen LogP contribution in [0.1, 0.15) is 19.8 Å². The van der Waals surface area contributed by atoms with Crippen LogP contribution >= 0.6 is 15.9 Å². The molecule has 0 aliphatic heterocycles. The molecule has 1 atom stereocenters. The second-order valence-corrected chi connectivity index (χ2v) is 6.27. The summed E-state index contributed by atoms with van der Waals surface area (Å²) in [6.45, 7) is 1.78. The molecule has 0 spiro atoms. The third kappa shape index (κ3) is 4.04. The number of carboxylic acid groups (broad SMARTS) is 1. The smallest absolute Gasteiger partial charge is 0.321 e. The van der Waals surface area contributed by atoms with Gasteiger partial charge in [-0.2, -0.15) is 4.72 Å². The number of sulfonamides is 1. The molecule has 100 valence electrons. The molecule has 0 aliphatic rings. The first kappa shape index (κ1) is 15.1. The van der Waals surface area contributed by atoms with Crippen LogP contribution in [0, 0.1) is 0 Å². The zero-order chi connectivity index (χ0) is 13.8. The van der Waals surface area contributed by atoms with E-state index < -0.39 is 22.0 Å². The number of aromatic nitrogens is 1. The van der Waals surface area contributed by atoms with Gasteiger partial charge in [0.2, 0.25) is 10.0 Å². The van der Waals surface area contributed by atoms with Crippen molar-refractivity contribution in [3.8, 4) is 0 Å². The minimum atomic E-state index is -3.87. The van der Waals surface area contributed by atoms with Gasteiger partial charge in [-0.25, -0.2) is 8.42 Å². The highest BCUT2D eigenvalue weighted by atomic mass is 79.9. The number of pyridine rings is 1. The molecule has 1 unspecified atom stereocenters. The van der Waals surface area contributed by atoms with Crippen molar-refractivity contribution in [3.05, 3.63) is 22.9 Å². The molecular weight excluding hydrogens is 324 g/mol. The van der Waals surface area contributed by atoms with Gasteiger partial charge < -0.3 is 5.11 Å². The van der Waals surface area contributed by atoms with Crippen molar-refractivity contribution in [2.24, 2.45) is 0 Å². The number of nitrogens with one attached hydrogen (secondary N) is 1. The average Bonchev–Trinajstić information content (AvgIpc) is 2.28. The Bertz CT molecular complexity index is 532. The Hall–Kier alpha value is -0.990. The lowest BCUT2D eigenvalue weighted by atomic mass is 10.2. The second kappa shape index (κ2) is 6.26. The number of nitrogens with zero attached hydrogens (tertiary/aromatic N) is 1. The number of carboxylic acids is 1. The fraction of sp³-hybridized carbons (Fsp3) is 0.400. The molecule has 2 N–H and O–H groups in total. The molecule has 8 heteroatoms. The molecule has 0 saturated heterocycles. The Balaban J connectivity index is 2.97. The zero-order valence-electron chi connectivity index (χ0n) is 9.63. The summed E-state index contributed by atoms with van der Waals surface area (Å²) in [6, 6.07) is 0.235. The highest BCUT2D eigenvalue weighted by Crippen LogP contribution is 2.15. The van der Waals surface area contributed by atoms with Gasteiger partial charge in [0.05, 0.1) is 0 Å². The quantitative estimate of drug-likeness (QED) is 0.817. The van der Waals surface area contributed by atoms with Gasteiger partial charge in [0.15, 0.2) is 0 Å². The van der Waals surface area contributed by atoms with E-state index in [-0.39, 0.29) is 11.3 Å². The first-order valence-electron chi connectivity index (χ1n) is 5.22. The third-order valence-electron chi connectivity index (χ3n) is 2.16. The van der Waals surface area contributed by atoms with Gasteiger partial charge in [-0.05, 0) is 28.4 Å². The monoisotopic (exact) mass is 336 g/mol. The van der Waals surface area contributed by atoms with Crippen LogP contribution in [0.25, 0.3) is 0 Å². The van der Waals surface area contributed by atoms with Gasteiger partial charge in [-0.1, -0.05) is 13.3 Å². The molecule has 0 radical (unpaired) electrons. The van der Waals surface area contributed by atoms with E-state index in [1.165, 1.54) is 12.3 Å². The molecule has 0 aliphatic carbocycles.